The highest BCUT2D eigenvalue weighted by Crippen LogP contribution is 2.16. The summed E-state index contributed by atoms with van der Waals surface area (Å²) in [7, 11) is 1.72. The van der Waals surface area contributed by atoms with Crippen molar-refractivity contribution in [3.05, 3.63) is 22.8 Å². The minimum absolute atomic E-state index is 0.0906. The second kappa shape index (κ2) is 6.22. The molecule has 0 aliphatic carbocycles. The third kappa shape index (κ3) is 4.22. The van der Waals surface area contributed by atoms with Crippen molar-refractivity contribution >= 4 is 23.3 Å². The summed E-state index contributed by atoms with van der Waals surface area (Å²) in [6.45, 7) is 3.95. The standard InChI is InChI=1S/C12H15ClN4O/c1-8(2)15-12(18)7-17(3)11-5-9(6-14)4-10(13)16-11/h4-5,8H,7H2,1-3H3,(H,15,18). The molecule has 1 aromatic heterocycles. The lowest BCUT2D eigenvalue weighted by atomic mass is 10.3. The van der Waals surface area contributed by atoms with Gasteiger partial charge in [0.25, 0.3) is 0 Å². The van der Waals surface area contributed by atoms with Crippen LogP contribution in [0.5, 0.6) is 0 Å². The number of nitrogens with one attached hydrogen (secondary N) is 1. The second-order valence-electron chi connectivity index (χ2n) is 4.23. The van der Waals surface area contributed by atoms with Crippen LogP contribution < -0.4 is 10.2 Å². The average Bonchev–Trinajstić information content (AvgIpc) is 2.26. The number of nitriles is 1. The van der Waals surface area contributed by atoms with Gasteiger partial charge in [0.1, 0.15) is 11.0 Å². The van der Waals surface area contributed by atoms with Gasteiger partial charge < -0.3 is 10.2 Å². The number of carbonyl (C=O) groups excluding carboxylic acids is 1. The molecule has 6 heteroatoms. The van der Waals surface area contributed by atoms with E-state index in [-0.39, 0.29) is 23.6 Å². The highest BCUT2D eigenvalue weighted by molar-refractivity contribution is 6.29. The first-order valence-electron chi connectivity index (χ1n) is 5.50. The Hall–Kier alpha value is -1.80. The van der Waals surface area contributed by atoms with Gasteiger partial charge in [-0.2, -0.15) is 5.26 Å². The molecule has 0 saturated carbocycles. The quantitative estimate of drug-likeness (QED) is 0.840. The van der Waals surface area contributed by atoms with Crippen LogP contribution >= 0.6 is 11.6 Å². The fourth-order valence-electron chi connectivity index (χ4n) is 1.41. The van der Waals surface area contributed by atoms with Crippen LogP contribution in [0.1, 0.15) is 19.4 Å². The van der Waals surface area contributed by atoms with Crippen molar-refractivity contribution < 1.29 is 4.79 Å². The Bertz CT molecular complexity index is 481. The molecule has 0 aromatic carbocycles. The summed E-state index contributed by atoms with van der Waals surface area (Å²) < 4.78 is 0. The first-order chi connectivity index (χ1) is 8.42. The van der Waals surface area contributed by atoms with Crippen LogP contribution in [0.4, 0.5) is 5.82 Å². The lowest BCUT2D eigenvalue weighted by Gasteiger charge is -2.19. The molecule has 0 aliphatic rings. The SMILES string of the molecule is CC(C)NC(=O)CN(C)c1cc(C#N)cc(Cl)n1. The second-order valence-corrected chi connectivity index (χ2v) is 4.61. The van der Waals surface area contributed by atoms with Gasteiger partial charge in [0.15, 0.2) is 0 Å². The van der Waals surface area contributed by atoms with Gasteiger partial charge in [-0.25, -0.2) is 4.98 Å². The van der Waals surface area contributed by atoms with Crippen LogP contribution in [0.25, 0.3) is 0 Å². The zero-order valence-corrected chi connectivity index (χ0v) is 11.3. The number of hydrogen-bond donors (Lipinski definition) is 1. The van der Waals surface area contributed by atoms with E-state index in [9.17, 15) is 4.79 Å². The van der Waals surface area contributed by atoms with Crippen molar-refractivity contribution in [1.29, 1.82) is 5.26 Å². The monoisotopic (exact) mass is 266 g/mol. The summed E-state index contributed by atoms with van der Waals surface area (Å²) in [4.78, 5) is 17.3. The number of halogens is 1. The first kappa shape index (κ1) is 14.3. The fourth-order valence-corrected chi connectivity index (χ4v) is 1.61. The number of nitrogens with zero attached hydrogens (tertiary/aromatic N) is 3. The molecule has 1 aromatic rings. The van der Waals surface area contributed by atoms with E-state index in [0.717, 1.165) is 0 Å². The summed E-state index contributed by atoms with van der Waals surface area (Å²) in [5, 5.41) is 11.9. The molecule has 0 spiro atoms. The van der Waals surface area contributed by atoms with E-state index in [1.165, 1.54) is 6.07 Å². The van der Waals surface area contributed by atoms with E-state index in [1.807, 2.05) is 19.9 Å². The largest absolute Gasteiger partial charge is 0.352 e. The van der Waals surface area contributed by atoms with Crippen molar-refractivity contribution in [1.82, 2.24) is 10.3 Å². The molecule has 1 heterocycles. The minimum Gasteiger partial charge on any atom is -0.352 e. The van der Waals surface area contributed by atoms with Gasteiger partial charge >= 0.3 is 0 Å². The number of rotatable bonds is 4. The zero-order valence-electron chi connectivity index (χ0n) is 10.6. The normalized spacial score (nSPS) is 10.0. The molecule has 18 heavy (non-hydrogen) atoms. The number of hydrogen-bond acceptors (Lipinski definition) is 4. The third-order valence-electron chi connectivity index (χ3n) is 2.13. The summed E-state index contributed by atoms with van der Waals surface area (Å²) in [6, 6.07) is 5.16. The molecule has 1 amide bonds. The van der Waals surface area contributed by atoms with Crippen molar-refractivity contribution in [2.45, 2.75) is 19.9 Å². The molecule has 96 valence electrons. The van der Waals surface area contributed by atoms with Crippen molar-refractivity contribution in [3.63, 3.8) is 0 Å². The van der Waals surface area contributed by atoms with E-state index in [2.05, 4.69) is 10.3 Å². The third-order valence-corrected chi connectivity index (χ3v) is 2.32. The summed E-state index contributed by atoms with van der Waals surface area (Å²) in [5.74, 6) is 0.394. The molecule has 0 aliphatic heterocycles. The molecule has 0 unspecified atom stereocenters. The number of aromatic nitrogens is 1. The van der Waals surface area contributed by atoms with Crippen molar-refractivity contribution in [3.8, 4) is 6.07 Å². The molecular formula is C12H15ClN4O. The van der Waals surface area contributed by atoms with Gasteiger partial charge in [-0.15, -0.1) is 0 Å². The van der Waals surface area contributed by atoms with E-state index in [4.69, 9.17) is 16.9 Å². The average molecular weight is 267 g/mol. The Morgan fingerprint density at radius 2 is 2.28 bits per heavy atom. The molecular weight excluding hydrogens is 252 g/mol. The lowest BCUT2D eigenvalue weighted by Crippen LogP contribution is -2.38. The van der Waals surface area contributed by atoms with E-state index in [1.54, 1.807) is 18.0 Å². The van der Waals surface area contributed by atoms with E-state index >= 15 is 0 Å². The van der Waals surface area contributed by atoms with Gasteiger partial charge in [0.05, 0.1) is 18.2 Å². The molecule has 1 rings (SSSR count). The molecule has 1 N–H and O–H groups in total. The topological polar surface area (TPSA) is 69.0 Å². The van der Waals surface area contributed by atoms with Crippen molar-refractivity contribution in [2.75, 3.05) is 18.5 Å². The van der Waals surface area contributed by atoms with Crippen LogP contribution in [0.2, 0.25) is 5.15 Å². The zero-order chi connectivity index (χ0) is 13.7. The van der Waals surface area contributed by atoms with Crippen LogP contribution in [0, 0.1) is 11.3 Å². The number of pyridine rings is 1. The predicted octanol–water partition coefficient (Wildman–Crippen LogP) is 1.57. The van der Waals surface area contributed by atoms with Crippen LogP contribution in [-0.4, -0.2) is 30.5 Å². The molecule has 0 radical (unpaired) electrons. The van der Waals surface area contributed by atoms with Crippen LogP contribution in [0.3, 0.4) is 0 Å². The molecule has 0 saturated heterocycles. The Kier molecular flexibility index (Phi) is 4.93. The summed E-state index contributed by atoms with van der Waals surface area (Å²) in [5.41, 5.74) is 0.418. The maximum atomic E-state index is 11.6. The number of likely N-dealkylation sites (N-methyl/N-ethyl adjacent to an activating group) is 1. The summed E-state index contributed by atoms with van der Waals surface area (Å²) in [6.07, 6.45) is 0. The van der Waals surface area contributed by atoms with Crippen molar-refractivity contribution in [2.24, 2.45) is 0 Å². The Morgan fingerprint density at radius 3 is 2.83 bits per heavy atom. The smallest absolute Gasteiger partial charge is 0.239 e. The van der Waals surface area contributed by atoms with Gasteiger partial charge in [0.2, 0.25) is 5.91 Å². The Balaban J connectivity index is 2.78. The molecule has 5 nitrogen and oxygen atoms in total. The van der Waals surface area contributed by atoms with E-state index in [0.29, 0.717) is 11.4 Å². The Labute approximate surface area is 111 Å². The van der Waals surface area contributed by atoms with E-state index < -0.39 is 0 Å². The van der Waals surface area contributed by atoms with Gasteiger partial charge in [-0.1, -0.05) is 11.6 Å². The van der Waals surface area contributed by atoms with Gasteiger partial charge in [-0.05, 0) is 26.0 Å². The fraction of sp³-hybridized carbons (Fsp3) is 0.417. The number of anilines is 1. The van der Waals surface area contributed by atoms with Crippen LogP contribution in [0.15, 0.2) is 12.1 Å². The first-order valence-corrected chi connectivity index (χ1v) is 5.88. The lowest BCUT2D eigenvalue weighted by molar-refractivity contribution is -0.120. The molecule has 0 bridgehead atoms. The molecule has 0 atom stereocenters. The Morgan fingerprint density at radius 1 is 1.61 bits per heavy atom. The maximum Gasteiger partial charge on any atom is 0.239 e. The number of carbonyl (C=O) groups is 1. The van der Waals surface area contributed by atoms with Gasteiger partial charge in [-0.3, -0.25) is 4.79 Å². The van der Waals surface area contributed by atoms with Gasteiger partial charge in [0, 0.05) is 13.1 Å². The number of amides is 1. The predicted molar refractivity (Wildman–Crippen MR) is 70.5 cm³/mol. The van der Waals surface area contributed by atoms with Crippen LogP contribution in [-0.2, 0) is 4.79 Å². The molecule has 0 fully saturated rings. The highest BCUT2D eigenvalue weighted by Gasteiger charge is 2.11. The maximum absolute atomic E-state index is 11.6. The highest BCUT2D eigenvalue weighted by atomic mass is 35.5. The minimum atomic E-state index is -0.104. The summed E-state index contributed by atoms with van der Waals surface area (Å²) >= 11 is 5.80.